The van der Waals surface area contributed by atoms with E-state index in [4.69, 9.17) is 5.73 Å². The first kappa shape index (κ1) is 27.5. The van der Waals surface area contributed by atoms with E-state index >= 15 is 0 Å². The summed E-state index contributed by atoms with van der Waals surface area (Å²) in [5.74, 6) is -0.575. The van der Waals surface area contributed by atoms with Crippen LogP contribution >= 0.6 is 0 Å². The fourth-order valence-corrected chi connectivity index (χ4v) is 5.49. The Balaban J connectivity index is 1.60. The molecule has 0 atom stereocenters. The first-order chi connectivity index (χ1) is 17.1. The number of halogens is 3. The van der Waals surface area contributed by atoms with Crippen molar-refractivity contribution >= 4 is 11.6 Å². The van der Waals surface area contributed by atoms with Gasteiger partial charge in [-0.05, 0) is 74.0 Å². The number of nitrogens with two attached hydrogens (primary N) is 1. The summed E-state index contributed by atoms with van der Waals surface area (Å²) >= 11 is 0. The summed E-state index contributed by atoms with van der Waals surface area (Å²) < 4.78 is 43.0. The number of primary amides is 1. The second kappa shape index (κ2) is 9.97. The molecule has 2 aliphatic carbocycles. The summed E-state index contributed by atoms with van der Waals surface area (Å²) in [6, 6.07) is 5.55. The molecule has 2 aliphatic rings. The molecule has 1 aromatic heterocycles. The van der Waals surface area contributed by atoms with Gasteiger partial charge in [0, 0.05) is 35.6 Å². The van der Waals surface area contributed by atoms with Gasteiger partial charge in [0.1, 0.15) is 0 Å². The van der Waals surface area contributed by atoms with Crippen LogP contribution in [0.3, 0.4) is 0 Å². The van der Waals surface area contributed by atoms with Crippen LogP contribution in [0.25, 0.3) is 5.69 Å². The molecule has 0 unspecified atom stereocenters. The van der Waals surface area contributed by atoms with E-state index in [-0.39, 0.29) is 22.4 Å². The number of alkyl halides is 3. The number of rotatable bonds is 6. The SMILES string of the molecule is CC(C)(C)CN[C@H]1CC[C@H](Nc2cc(-n3nc(C(F)(F)F)c4c3CC(C)(C)CC4)ccc2C(N)=O)CC1. The standard InChI is InChI=1S/C28H40F3N5O/c1-26(2,3)16-33-17-6-8-18(9-7-17)34-22-14-19(10-11-20(22)25(32)37)36-23-15-27(4,5)13-12-21(23)24(35-36)28(29,30)31/h10-11,14,17-18,33-34H,6-9,12-13,15-16H2,1-5H3,(H2,32,37)/t17-,18-. The second-order valence-electron chi connectivity index (χ2n) is 12.8. The third-order valence-corrected chi connectivity index (χ3v) is 7.58. The molecule has 1 aromatic carbocycles. The first-order valence-corrected chi connectivity index (χ1v) is 13.3. The lowest BCUT2D eigenvalue weighted by Crippen LogP contribution is -2.40. The normalized spacial score (nSPS) is 21.9. The van der Waals surface area contributed by atoms with Gasteiger partial charge in [-0.15, -0.1) is 0 Å². The minimum Gasteiger partial charge on any atom is -0.382 e. The van der Waals surface area contributed by atoms with Crippen molar-refractivity contribution in [3.05, 3.63) is 40.7 Å². The van der Waals surface area contributed by atoms with Crippen molar-refractivity contribution < 1.29 is 18.0 Å². The fourth-order valence-electron chi connectivity index (χ4n) is 5.49. The summed E-state index contributed by atoms with van der Waals surface area (Å²) in [5.41, 5.74) is 7.18. The van der Waals surface area contributed by atoms with Gasteiger partial charge in [0.15, 0.2) is 5.69 Å². The lowest BCUT2D eigenvalue weighted by Gasteiger charge is -2.33. The topological polar surface area (TPSA) is 85.0 Å². The van der Waals surface area contributed by atoms with Crippen molar-refractivity contribution in [2.75, 3.05) is 11.9 Å². The van der Waals surface area contributed by atoms with Crippen molar-refractivity contribution in [2.24, 2.45) is 16.6 Å². The number of fused-ring (bicyclic) bond motifs is 1. The Hall–Kier alpha value is -2.55. The smallest absolute Gasteiger partial charge is 0.382 e. The molecule has 4 rings (SSSR count). The lowest BCUT2D eigenvalue weighted by atomic mass is 9.76. The molecular formula is C28H40F3N5O. The van der Waals surface area contributed by atoms with Gasteiger partial charge in [-0.2, -0.15) is 18.3 Å². The molecule has 1 saturated carbocycles. The number of anilines is 1. The highest BCUT2D eigenvalue weighted by molar-refractivity contribution is 5.99. The van der Waals surface area contributed by atoms with E-state index < -0.39 is 17.8 Å². The zero-order valence-electron chi connectivity index (χ0n) is 22.6. The van der Waals surface area contributed by atoms with E-state index in [9.17, 15) is 18.0 Å². The van der Waals surface area contributed by atoms with Gasteiger partial charge in [-0.1, -0.05) is 34.6 Å². The second-order valence-corrected chi connectivity index (χ2v) is 12.8. The van der Waals surface area contributed by atoms with Gasteiger partial charge in [-0.25, -0.2) is 4.68 Å². The average molecular weight is 520 g/mol. The van der Waals surface area contributed by atoms with Crippen molar-refractivity contribution in [3.8, 4) is 5.69 Å². The molecular weight excluding hydrogens is 479 g/mol. The molecule has 1 amide bonds. The zero-order chi connectivity index (χ0) is 27.2. The number of nitrogens with one attached hydrogen (secondary N) is 2. The molecule has 0 bridgehead atoms. The van der Waals surface area contributed by atoms with Crippen LogP contribution in [0.4, 0.5) is 18.9 Å². The third-order valence-electron chi connectivity index (χ3n) is 7.58. The maximum atomic E-state index is 13.9. The monoisotopic (exact) mass is 519 g/mol. The van der Waals surface area contributed by atoms with Crippen molar-refractivity contribution in [1.82, 2.24) is 15.1 Å². The average Bonchev–Trinajstić information content (AvgIpc) is 3.16. The Labute approximate surface area is 217 Å². The Kier molecular flexibility index (Phi) is 7.40. The minimum atomic E-state index is -4.52. The third kappa shape index (κ3) is 6.48. The van der Waals surface area contributed by atoms with E-state index in [2.05, 4.69) is 50.4 Å². The summed E-state index contributed by atoms with van der Waals surface area (Å²) in [4.78, 5) is 12.2. The molecule has 4 N–H and O–H groups in total. The zero-order valence-corrected chi connectivity index (χ0v) is 22.6. The number of hydrogen-bond donors (Lipinski definition) is 3. The summed E-state index contributed by atoms with van der Waals surface area (Å²) in [6.07, 6.45) is 0.860. The Morgan fingerprint density at radius 3 is 2.38 bits per heavy atom. The number of amides is 1. The number of nitrogens with zero attached hydrogens (tertiary/aromatic N) is 2. The highest BCUT2D eigenvalue weighted by Gasteiger charge is 2.42. The summed E-state index contributed by atoms with van der Waals surface area (Å²) in [5, 5.41) is 11.2. The predicted octanol–water partition coefficient (Wildman–Crippen LogP) is 5.86. The van der Waals surface area contributed by atoms with Crippen LogP contribution < -0.4 is 16.4 Å². The van der Waals surface area contributed by atoms with Gasteiger partial charge in [0.2, 0.25) is 0 Å². The summed E-state index contributed by atoms with van der Waals surface area (Å²) in [7, 11) is 0. The van der Waals surface area contributed by atoms with E-state index in [1.807, 2.05) is 0 Å². The molecule has 1 fully saturated rings. The van der Waals surface area contributed by atoms with Crippen LogP contribution in [-0.4, -0.2) is 34.3 Å². The molecule has 37 heavy (non-hydrogen) atoms. The molecule has 0 radical (unpaired) electrons. The molecule has 0 saturated heterocycles. The fraction of sp³-hybridized carbons (Fsp3) is 0.643. The lowest BCUT2D eigenvalue weighted by molar-refractivity contribution is -0.142. The molecule has 0 aliphatic heterocycles. The minimum absolute atomic E-state index is 0.123. The Morgan fingerprint density at radius 1 is 1.14 bits per heavy atom. The van der Waals surface area contributed by atoms with Crippen LogP contribution in [0.1, 0.15) is 94.0 Å². The largest absolute Gasteiger partial charge is 0.435 e. The quantitative estimate of drug-likeness (QED) is 0.446. The van der Waals surface area contributed by atoms with Gasteiger partial charge in [0.25, 0.3) is 5.91 Å². The molecule has 9 heteroatoms. The predicted molar refractivity (Wildman–Crippen MR) is 140 cm³/mol. The van der Waals surface area contributed by atoms with Crippen LogP contribution in [-0.2, 0) is 19.0 Å². The molecule has 204 valence electrons. The van der Waals surface area contributed by atoms with Crippen LogP contribution in [0.5, 0.6) is 0 Å². The van der Waals surface area contributed by atoms with Gasteiger partial charge < -0.3 is 16.4 Å². The van der Waals surface area contributed by atoms with Crippen LogP contribution in [0.15, 0.2) is 18.2 Å². The van der Waals surface area contributed by atoms with Crippen molar-refractivity contribution in [3.63, 3.8) is 0 Å². The van der Waals surface area contributed by atoms with Gasteiger partial charge >= 0.3 is 6.18 Å². The Bertz CT molecular complexity index is 1140. The van der Waals surface area contributed by atoms with Gasteiger partial charge in [-0.3, -0.25) is 4.79 Å². The highest BCUT2D eigenvalue weighted by atomic mass is 19.4. The summed E-state index contributed by atoms with van der Waals surface area (Å²) in [6.45, 7) is 11.7. The molecule has 0 spiro atoms. The highest BCUT2D eigenvalue weighted by Crippen LogP contribution is 2.42. The van der Waals surface area contributed by atoms with E-state index in [1.54, 1.807) is 18.2 Å². The number of carbonyl (C=O) groups is 1. The van der Waals surface area contributed by atoms with E-state index in [0.29, 0.717) is 47.9 Å². The molecule has 6 nitrogen and oxygen atoms in total. The molecule has 2 aromatic rings. The van der Waals surface area contributed by atoms with Crippen LogP contribution in [0.2, 0.25) is 0 Å². The van der Waals surface area contributed by atoms with E-state index in [0.717, 1.165) is 32.2 Å². The number of aromatic nitrogens is 2. The van der Waals surface area contributed by atoms with Crippen LogP contribution in [0, 0.1) is 10.8 Å². The van der Waals surface area contributed by atoms with Crippen molar-refractivity contribution in [2.45, 2.75) is 97.8 Å². The first-order valence-electron chi connectivity index (χ1n) is 13.3. The Morgan fingerprint density at radius 2 is 1.78 bits per heavy atom. The van der Waals surface area contributed by atoms with Crippen molar-refractivity contribution in [1.29, 1.82) is 0 Å². The number of carbonyl (C=O) groups excluding carboxylic acids is 1. The maximum Gasteiger partial charge on any atom is 0.435 e. The number of benzene rings is 1. The van der Waals surface area contributed by atoms with E-state index in [1.165, 1.54) is 4.68 Å². The number of hydrogen-bond acceptors (Lipinski definition) is 4. The maximum absolute atomic E-state index is 13.9. The van der Waals surface area contributed by atoms with Gasteiger partial charge in [0.05, 0.1) is 11.3 Å². The molecule has 1 heterocycles.